The molecule has 1 aliphatic rings. The van der Waals surface area contributed by atoms with Crippen molar-refractivity contribution in [3.63, 3.8) is 0 Å². The fourth-order valence-corrected chi connectivity index (χ4v) is 2.23. The van der Waals surface area contributed by atoms with Gasteiger partial charge in [-0.15, -0.1) is 0 Å². The summed E-state index contributed by atoms with van der Waals surface area (Å²) < 4.78 is 5.14. The molecule has 1 fully saturated rings. The molecule has 1 aromatic rings. The lowest BCUT2D eigenvalue weighted by molar-refractivity contribution is 0.0905. The highest BCUT2D eigenvalue weighted by Crippen LogP contribution is 2.29. The summed E-state index contributed by atoms with van der Waals surface area (Å²) >= 11 is 0. The Morgan fingerprint density at radius 2 is 2.38 bits per heavy atom. The van der Waals surface area contributed by atoms with Crippen molar-refractivity contribution in [3.05, 3.63) is 24.0 Å². The van der Waals surface area contributed by atoms with Crippen molar-refractivity contribution >= 4 is 5.78 Å². The lowest BCUT2D eigenvalue weighted by atomic mass is 9.96. The van der Waals surface area contributed by atoms with Crippen LogP contribution in [0.5, 0.6) is 5.75 Å². The van der Waals surface area contributed by atoms with Crippen LogP contribution < -0.4 is 10.5 Å². The van der Waals surface area contributed by atoms with E-state index in [4.69, 9.17) is 10.5 Å². The molecule has 86 valence electrons. The van der Waals surface area contributed by atoms with Crippen LogP contribution in [0.2, 0.25) is 0 Å². The second kappa shape index (κ2) is 4.61. The van der Waals surface area contributed by atoms with Gasteiger partial charge >= 0.3 is 0 Å². The van der Waals surface area contributed by atoms with Crippen molar-refractivity contribution in [3.8, 4) is 5.75 Å². The molecule has 0 radical (unpaired) electrons. The number of nitrogens with two attached hydrogens (primary N) is 1. The van der Waals surface area contributed by atoms with Gasteiger partial charge < -0.3 is 10.5 Å². The predicted octanol–water partition coefficient (Wildman–Crippen LogP) is 1.40. The predicted molar refractivity (Wildman–Crippen MR) is 60.4 cm³/mol. The van der Waals surface area contributed by atoms with Crippen LogP contribution >= 0.6 is 0 Å². The molecule has 1 aliphatic carbocycles. The zero-order valence-electron chi connectivity index (χ0n) is 9.35. The third-order valence-corrected chi connectivity index (χ3v) is 3.13. The minimum absolute atomic E-state index is 0.0162. The highest BCUT2D eigenvalue weighted by atomic mass is 16.5. The molecule has 0 aliphatic heterocycles. The highest BCUT2D eigenvalue weighted by Gasteiger charge is 2.32. The van der Waals surface area contributed by atoms with E-state index in [9.17, 15) is 4.79 Å². The van der Waals surface area contributed by atoms with Crippen LogP contribution in [0.1, 0.15) is 29.8 Å². The van der Waals surface area contributed by atoms with Crippen LogP contribution in [0.4, 0.5) is 0 Å². The first-order valence-corrected chi connectivity index (χ1v) is 5.53. The number of aromatic nitrogens is 1. The van der Waals surface area contributed by atoms with E-state index >= 15 is 0 Å². The van der Waals surface area contributed by atoms with Gasteiger partial charge in [0.15, 0.2) is 5.78 Å². The summed E-state index contributed by atoms with van der Waals surface area (Å²) in [4.78, 5) is 16.3. The first-order chi connectivity index (χ1) is 7.74. The van der Waals surface area contributed by atoms with E-state index in [0.717, 1.165) is 19.3 Å². The van der Waals surface area contributed by atoms with Gasteiger partial charge in [0.1, 0.15) is 11.4 Å². The standard InChI is InChI=1S/C12H16N2O2/c1-16-10-6-3-7-14-11(10)12(15)8-4-2-5-9(8)13/h3,6-9H,2,4-5,13H2,1H3. The van der Waals surface area contributed by atoms with Crippen molar-refractivity contribution in [1.29, 1.82) is 0 Å². The first kappa shape index (κ1) is 11.1. The van der Waals surface area contributed by atoms with Crippen molar-refractivity contribution in [2.24, 2.45) is 11.7 Å². The summed E-state index contributed by atoms with van der Waals surface area (Å²) in [5.74, 6) is 0.456. The van der Waals surface area contributed by atoms with Crippen molar-refractivity contribution in [1.82, 2.24) is 4.98 Å². The summed E-state index contributed by atoms with van der Waals surface area (Å²) in [6.07, 6.45) is 4.41. The maximum absolute atomic E-state index is 12.2. The van der Waals surface area contributed by atoms with Gasteiger partial charge in [0.2, 0.25) is 0 Å². The van der Waals surface area contributed by atoms with Gasteiger partial charge in [0, 0.05) is 18.2 Å². The van der Waals surface area contributed by atoms with Crippen LogP contribution in [0.15, 0.2) is 18.3 Å². The summed E-state index contributed by atoms with van der Waals surface area (Å²) in [6.45, 7) is 0. The molecule has 1 heterocycles. The Morgan fingerprint density at radius 3 is 3.00 bits per heavy atom. The topological polar surface area (TPSA) is 65.2 Å². The first-order valence-electron chi connectivity index (χ1n) is 5.53. The van der Waals surface area contributed by atoms with Crippen LogP contribution in [0.25, 0.3) is 0 Å². The van der Waals surface area contributed by atoms with Crippen LogP contribution in [0, 0.1) is 5.92 Å². The molecule has 1 saturated carbocycles. The number of rotatable bonds is 3. The molecule has 0 spiro atoms. The van der Waals surface area contributed by atoms with Gasteiger partial charge in [-0.25, -0.2) is 4.98 Å². The summed E-state index contributed by atoms with van der Waals surface area (Å²) in [5.41, 5.74) is 6.33. The SMILES string of the molecule is COc1cccnc1C(=O)C1CCCC1N. The summed E-state index contributed by atoms with van der Waals surface area (Å²) in [7, 11) is 1.54. The third kappa shape index (κ3) is 1.93. The van der Waals surface area contributed by atoms with Crippen molar-refractivity contribution < 1.29 is 9.53 Å². The number of methoxy groups -OCH3 is 1. The van der Waals surface area contributed by atoms with Gasteiger partial charge in [-0.3, -0.25) is 4.79 Å². The number of hydrogen-bond donors (Lipinski definition) is 1. The van der Waals surface area contributed by atoms with E-state index < -0.39 is 0 Å². The highest BCUT2D eigenvalue weighted by molar-refractivity contribution is 5.99. The van der Waals surface area contributed by atoms with Gasteiger partial charge in [-0.05, 0) is 25.0 Å². The fraction of sp³-hybridized carbons (Fsp3) is 0.500. The Kier molecular flexibility index (Phi) is 3.19. The number of carbonyl (C=O) groups is 1. The minimum atomic E-state index is -0.0937. The van der Waals surface area contributed by atoms with E-state index in [1.54, 1.807) is 25.4 Å². The second-order valence-electron chi connectivity index (χ2n) is 4.12. The number of Topliss-reactive ketones (excluding diaryl/α,β-unsaturated/α-hetero) is 1. The average Bonchev–Trinajstić information content (AvgIpc) is 2.74. The quantitative estimate of drug-likeness (QED) is 0.782. The van der Waals surface area contributed by atoms with E-state index in [1.165, 1.54) is 0 Å². The van der Waals surface area contributed by atoms with Gasteiger partial charge in [0.05, 0.1) is 7.11 Å². The number of carbonyl (C=O) groups excluding carboxylic acids is 1. The van der Waals surface area contributed by atoms with Crippen LogP contribution in [-0.2, 0) is 0 Å². The van der Waals surface area contributed by atoms with E-state index in [-0.39, 0.29) is 17.7 Å². The fourth-order valence-electron chi connectivity index (χ4n) is 2.23. The summed E-state index contributed by atoms with van der Waals surface area (Å²) in [5, 5.41) is 0. The monoisotopic (exact) mass is 220 g/mol. The third-order valence-electron chi connectivity index (χ3n) is 3.13. The number of hydrogen-bond acceptors (Lipinski definition) is 4. The molecule has 0 amide bonds. The molecule has 2 unspecified atom stereocenters. The molecule has 16 heavy (non-hydrogen) atoms. The largest absolute Gasteiger partial charge is 0.494 e. The van der Waals surface area contributed by atoms with Gasteiger partial charge in [-0.2, -0.15) is 0 Å². The van der Waals surface area contributed by atoms with E-state index in [0.29, 0.717) is 11.4 Å². The molecule has 0 aromatic carbocycles. The maximum atomic E-state index is 12.2. The zero-order chi connectivity index (χ0) is 11.5. The lowest BCUT2D eigenvalue weighted by Crippen LogP contribution is -2.31. The van der Waals surface area contributed by atoms with Crippen LogP contribution in [0.3, 0.4) is 0 Å². The van der Waals surface area contributed by atoms with E-state index in [2.05, 4.69) is 4.98 Å². The molecule has 0 saturated heterocycles. The summed E-state index contributed by atoms with van der Waals surface area (Å²) in [6, 6.07) is 3.48. The van der Waals surface area contributed by atoms with Crippen molar-refractivity contribution in [2.75, 3.05) is 7.11 Å². The zero-order valence-corrected chi connectivity index (χ0v) is 9.35. The Hall–Kier alpha value is -1.42. The minimum Gasteiger partial charge on any atom is -0.494 e. The molecule has 4 heteroatoms. The molecule has 2 N–H and O–H groups in total. The smallest absolute Gasteiger partial charge is 0.189 e. The number of pyridine rings is 1. The van der Waals surface area contributed by atoms with Gasteiger partial charge in [-0.1, -0.05) is 6.42 Å². The molecular formula is C12H16N2O2. The maximum Gasteiger partial charge on any atom is 0.189 e. The molecule has 1 aromatic heterocycles. The number of ketones is 1. The normalized spacial score (nSPS) is 24.4. The number of nitrogens with zero attached hydrogens (tertiary/aromatic N) is 1. The van der Waals surface area contributed by atoms with Crippen molar-refractivity contribution in [2.45, 2.75) is 25.3 Å². The molecular weight excluding hydrogens is 204 g/mol. The van der Waals surface area contributed by atoms with E-state index in [1.807, 2.05) is 0 Å². The second-order valence-corrected chi connectivity index (χ2v) is 4.12. The van der Waals surface area contributed by atoms with Crippen LogP contribution in [-0.4, -0.2) is 23.9 Å². The molecule has 4 nitrogen and oxygen atoms in total. The van der Waals surface area contributed by atoms with Gasteiger partial charge in [0.25, 0.3) is 0 Å². The lowest BCUT2D eigenvalue weighted by Gasteiger charge is -2.14. The molecule has 0 bridgehead atoms. The number of ether oxygens (including phenoxy) is 1. The molecule has 2 rings (SSSR count). The Labute approximate surface area is 94.8 Å². The Morgan fingerprint density at radius 1 is 1.56 bits per heavy atom. The molecule has 2 atom stereocenters. The average molecular weight is 220 g/mol. The Balaban J connectivity index is 2.26. The Bertz CT molecular complexity index is 392.